The smallest absolute Gasteiger partial charge is 0.150 e. The summed E-state index contributed by atoms with van der Waals surface area (Å²) in [6.45, 7) is 11.1. The Morgan fingerprint density at radius 3 is 2.68 bits per heavy atom. The molecule has 1 aliphatic rings. The van der Waals surface area contributed by atoms with Crippen LogP contribution < -0.4 is 4.90 Å². The molecule has 0 aromatic carbocycles. The molecule has 7 heteroatoms. The van der Waals surface area contributed by atoms with Crippen molar-refractivity contribution in [3.8, 4) is 11.3 Å². The summed E-state index contributed by atoms with van der Waals surface area (Å²) in [5.41, 5.74) is 3.99. The lowest BCUT2D eigenvalue weighted by molar-refractivity contribution is -0.0409. The zero-order chi connectivity index (χ0) is 21.6. The van der Waals surface area contributed by atoms with Gasteiger partial charge < -0.3 is 14.1 Å². The lowest BCUT2D eigenvalue weighted by Gasteiger charge is -2.32. The number of rotatable bonds is 6. The van der Waals surface area contributed by atoms with E-state index in [0.717, 1.165) is 81.2 Å². The predicted molar refractivity (Wildman–Crippen MR) is 126 cm³/mol. The van der Waals surface area contributed by atoms with Gasteiger partial charge in [-0.15, -0.1) is 11.3 Å². The van der Waals surface area contributed by atoms with E-state index in [-0.39, 0.29) is 5.60 Å². The zero-order valence-electron chi connectivity index (χ0n) is 18.6. The molecular formula is C24H28N4O2S. The Balaban J connectivity index is 1.82. The second kappa shape index (κ2) is 7.88. The molecule has 0 amide bonds. The van der Waals surface area contributed by atoms with E-state index in [1.54, 1.807) is 23.9 Å². The lowest BCUT2D eigenvalue weighted by Crippen LogP contribution is -2.32. The minimum absolute atomic E-state index is 0.227. The lowest BCUT2D eigenvalue weighted by atomic mass is 9.91. The Kier molecular flexibility index (Phi) is 5.18. The number of fused-ring (bicyclic) bond motifs is 4. The van der Waals surface area contributed by atoms with Crippen LogP contribution in [0.5, 0.6) is 0 Å². The van der Waals surface area contributed by atoms with Crippen LogP contribution in [0.1, 0.15) is 51.8 Å². The van der Waals surface area contributed by atoms with E-state index in [1.807, 2.05) is 12.1 Å². The van der Waals surface area contributed by atoms with Gasteiger partial charge in [-0.25, -0.2) is 15.0 Å². The van der Waals surface area contributed by atoms with Crippen LogP contribution in [0, 0.1) is 0 Å². The van der Waals surface area contributed by atoms with Crippen LogP contribution in [0.4, 0.5) is 5.82 Å². The Morgan fingerprint density at radius 2 is 1.97 bits per heavy atom. The second-order valence-electron chi connectivity index (χ2n) is 8.76. The molecular weight excluding hydrogens is 408 g/mol. The predicted octanol–water partition coefficient (Wildman–Crippen LogP) is 5.98. The molecule has 0 saturated carbocycles. The Morgan fingerprint density at radius 1 is 1.16 bits per heavy atom. The van der Waals surface area contributed by atoms with Crippen LogP contribution in [0.15, 0.2) is 29.1 Å². The Hall–Kier alpha value is -2.51. The molecule has 0 spiro atoms. The maximum atomic E-state index is 6.17. The summed E-state index contributed by atoms with van der Waals surface area (Å²) in [6, 6.07) is 3.95. The molecule has 5 rings (SSSR count). The normalized spacial score (nSPS) is 15.5. The number of furan rings is 1. The fourth-order valence-corrected chi connectivity index (χ4v) is 5.65. The summed E-state index contributed by atoms with van der Waals surface area (Å²) >= 11 is 1.69. The number of anilines is 1. The Labute approximate surface area is 186 Å². The van der Waals surface area contributed by atoms with Gasteiger partial charge in [-0.3, -0.25) is 0 Å². The quantitative estimate of drug-likeness (QED) is 0.371. The summed E-state index contributed by atoms with van der Waals surface area (Å²) < 4.78 is 13.2. The highest BCUT2D eigenvalue weighted by Crippen LogP contribution is 2.45. The van der Waals surface area contributed by atoms with Crippen molar-refractivity contribution < 1.29 is 9.15 Å². The van der Waals surface area contributed by atoms with Gasteiger partial charge in [-0.05, 0) is 38.8 Å². The summed E-state index contributed by atoms with van der Waals surface area (Å²) in [7, 11) is 0. The molecule has 0 atom stereocenters. The monoisotopic (exact) mass is 436 g/mol. The van der Waals surface area contributed by atoms with Crippen LogP contribution >= 0.6 is 11.3 Å². The molecule has 31 heavy (non-hydrogen) atoms. The molecule has 0 aliphatic carbocycles. The third-order valence-corrected chi connectivity index (χ3v) is 6.89. The van der Waals surface area contributed by atoms with Crippen LogP contribution in [0.25, 0.3) is 31.8 Å². The molecule has 4 aromatic heterocycles. The molecule has 0 N–H and O–H groups in total. The maximum Gasteiger partial charge on any atom is 0.150 e. The summed E-state index contributed by atoms with van der Waals surface area (Å²) in [6.07, 6.45) is 6.34. The van der Waals surface area contributed by atoms with Crippen LogP contribution in [0.2, 0.25) is 0 Å². The summed E-state index contributed by atoms with van der Waals surface area (Å²) in [5.74, 6) is 1.85. The number of hydrogen-bond donors (Lipinski definition) is 0. The van der Waals surface area contributed by atoms with Crippen molar-refractivity contribution in [3.63, 3.8) is 0 Å². The summed E-state index contributed by atoms with van der Waals surface area (Å²) in [4.78, 5) is 17.9. The van der Waals surface area contributed by atoms with Gasteiger partial charge in [0.25, 0.3) is 0 Å². The zero-order valence-corrected chi connectivity index (χ0v) is 19.4. The van der Waals surface area contributed by atoms with Gasteiger partial charge in [-0.2, -0.15) is 0 Å². The molecule has 0 unspecified atom stereocenters. The SMILES string of the molecule is CCCN(CCC)c1ncnc2c1sc1nc3c(c(-c4ccco4)c12)COC(C)(C)C3. The highest BCUT2D eigenvalue weighted by molar-refractivity contribution is 7.26. The first-order valence-electron chi connectivity index (χ1n) is 11.0. The van der Waals surface area contributed by atoms with E-state index in [4.69, 9.17) is 24.1 Å². The minimum Gasteiger partial charge on any atom is -0.464 e. The van der Waals surface area contributed by atoms with Crippen LogP contribution in [-0.2, 0) is 17.8 Å². The van der Waals surface area contributed by atoms with Crippen LogP contribution in [-0.4, -0.2) is 33.6 Å². The number of hydrogen-bond acceptors (Lipinski definition) is 7. The number of pyridine rings is 1. The second-order valence-corrected chi connectivity index (χ2v) is 9.76. The first kappa shape index (κ1) is 20.4. The fraction of sp³-hybridized carbons (Fsp3) is 0.458. The number of nitrogens with zero attached hydrogens (tertiary/aromatic N) is 4. The average molecular weight is 437 g/mol. The first-order chi connectivity index (χ1) is 15.0. The Bertz CT molecular complexity index is 1220. The van der Waals surface area contributed by atoms with E-state index < -0.39 is 0 Å². The first-order valence-corrected chi connectivity index (χ1v) is 11.9. The third kappa shape index (κ3) is 3.49. The van der Waals surface area contributed by atoms with Crippen LogP contribution in [0.3, 0.4) is 0 Å². The maximum absolute atomic E-state index is 6.17. The van der Waals surface area contributed by atoms with Gasteiger partial charge in [0.2, 0.25) is 0 Å². The molecule has 5 heterocycles. The molecule has 6 nitrogen and oxygen atoms in total. The van der Waals surface area contributed by atoms with Gasteiger partial charge in [0.1, 0.15) is 22.7 Å². The van der Waals surface area contributed by atoms with E-state index >= 15 is 0 Å². The van der Waals surface area contributed by atoms with Gasteiger partial charge in [0.15, 0.2) is 0 Å². The van der Waals surface area contributed by atoms with Gasteiger partial charge in [-0.1, -0.05) is 13.8 Å². The molecule has 0 bridgehead atoms. The van der Waals surface area contributed by atoms with Gasteiger partial charge in [0.05, 0.1) is 34.4 Å². The largest absolute Gasteiger partial charge is 0.464 e. The van der Waals surface area contributed by atoms with E-state index in [9.17, 15) is 0 Å². The number of ether oxygens (including phenoxy) is 1. The molecule has 0 fully saturated rings. The van der Waals surface area contributed by atoms with Crippen molar-refractivity contribution in [2.75, 3.05) is 18.0 Å². The average Bonchev–Trinajstić information content (AvgIpc) is 3.39. The molecule has 0 radical (unpaired) electrons. The van der Waals surface area contributed by atoms with E-state index in [0.29, 0.717) is 6.61 Å². The van der Waals surface area contributed by atoms with Crippen molar-refractivity contribution in [2.45, 2.75) is 59.2 Å². The topological polar surface area (TPSA) is 64.3 Å². The number of thiophene rings is 1. The highest BCUT2D eigenvalue weighted by Gasteiger charge is 2.32. The standard InChI is InChI=1S/C24H28N4O2S/c1-5-9-28(10-6-2)22-21-20(25-14-26-22)19-18(17-8-7-11-29-17)15-13-30-24(3,4)12-16(15)27-23(19)31-21/h7-8,11,14H,5-6,9-10,12-13H2,1-4H3. The van der Waals surface area contributed by atoms with E-state index in [1.165, 1.54) is 0 Å². The minimum atomic E-state index is -0.227. The molecule has 0 saturated heterocycles. The van der Waals surface area contributed by atoms with Crippen molar-refractivity contribution in [3.05, 3.63) is 36.0 Å². The van der Waals surface area contributed by atoms with Crippen molar-refractivity contribution in [1.29, 1.82) is 0 Å². The third-order valence-electron chi connectivity index (χ3n) is 5.83. The van der Waals surface area contributed by atoms with Gasteiger partial charge >= 0.3 is 0 Å². The molecule has 4 aromatic rings. The van der Waals surface area contributed by atoms with Crippen molar-refractivity contribution >= 4 is 37.6 Å². The van der Waals surface area contributed by atoms with E-state index in [2.05, 4.69) is 32.6 Å². The van der Waals surface area contributed by atoms with Gasteiger partial charge in [0, 0.05) is 36.0 Å². The van der Waals surface area contributed by atoms with Crippen molar-refractivity contribution in [2.24, 2.45) is 0 Å². The summed E-state index contributed by atoms with van der Waals surface area (Å²) in [5, 5.41) is 1.05. The molecule has 162 valence electrons. The number of aromatic nitrogens is 3. The molecule has 1 aliphatic heterocycles. The van der Waals surface area contributed by atoms with Crippen molar-refractivity contribution in [1.82, 2.24) is 15.0 Å². The fourth-order valence-electron chi connectivity index (χ4n) is 4.48. The highest BCUT2D eigenvalue weighted by atomic mass is 32.1.